The predicted octanol–water partition coefficient (Wildman–Crippen LogP) is 3.29. The van der Waals surface area contributed by atoms with Gasteiger partial charge in [0.25, 0.3) is 0 Å². The minimum atomic E-state index is -0.855. The molecule has 0 saturated heterocycles. The van der Waals surface area contributed by atoms with Crippen LogP contribution in [0.4, 0.5) is 0 Å². The molecule has 0 amide bonds. The van der Waals surface area contributed by atoms with Crippen molar-refractivity contribution in [2.45, 2.75) is 18.9 Å². The van der Waals surface area contributed by atoms with Crippen molar-refractivity contribution in [3.63, 3.8) is 0 Å². The first-order valence-corrected chi connectivity index (χ1v) is 6.97. The number of halogens is 2. The van der Waals surface area contributed by atoms with E-state index >= 15 is 0 Å². The van der Waals surface area contributed by atoms with Crippen LogP contribution in [-0.4, -0.2) is 17.6 Å². The molecule has 1 aromatic rings. The van der Waals surface area contributed by atoms with E-state index in [-0.39, 0.29) is 0 Å². The van der Waals surface area contributed by atoms with Gasteiger partial charge in [-0.15, -0.1) is 11.3 Å². The molecule has 1 atom stereocenters. The topological polar surface area (TPSA) is 49.3 Å². The van der Waals surface area contributed by atoms with Crippen LogP contribution in [0, 0.1) is 5.92 Å². The van der Waals surface area contributed by atoms with Crippen LogP contribution in [0.5, 0.6) is 0 Å². The van der Waals surface area contributed by atoms with Crippen molar-refractivity contribution in [1.82, 2.24) is 5.32 Å². The smallest absolute Gasteiger partial charge is 0.326 e. The summed E-state index contributed by atoms with van der Waals surface area (Å²) in [6, 6.07) is 1.13. The van der Waals surface area contributed by atoms with Gasteiger partial charge in [0, 0.05) is 9.35 Å². The lowest BCUT2D eigenvalue weighted by Gasteiger charge is -2.11. The van der Waals surface area contributed by atoms with E-state index in [1.54, 1.807) is 6.07 Å². The van der Waals surface area contributed by atoms with E-state index in [2.05, 4.69) is 21.2 Å². The fraction of sp³-hybridized carbons (Fsp3) is 0.500. The van der Waals surface area contributed by atoms with Gasteiger partial charge in [-0.3, -0.25) is 10.1 Å². The summed E-state index contributed by atoms with van der Waals surface area (Å²) in [7, 11) is 0. The van der Waals surface area contributed by atoms with Crippen LogP contribution in [0.1, 0.15) is 23.8 Å². The first kappa shape index (κ1) is 12.4. The standard InChI is InChI=1S/C10H11BrClNO2S/c11-6-3-7(16-9(6)12)8(10(14)15)13-4-5-1-2-5/h3,5,8,13H,1-2,4H2,(H,14,15). The van der Waals surface area contributed by atoms with Gasteiger partial charge >= 0.3 is 5.97 Å². The lowest BCUT2D eigenvalue weighted by Crippen LogP contribution is -2.29. The van der Waals surface area contributed by atoms with Gasteiger partial charge in [0.05, 0.1) is 0 Å². The van der Waals surface area contributed by atoms with Crippen molar-refractivity contribution >= 4 is 44.8 Å². The third-order valence-electron chi connectivity index (χ3n) is 2.50. The fourth-order valence-corrected chi connectivity index (χ4v) is 3.23. The Labute approximate surface area is 111 Å². The van der Waals surface area contributed by atoms with Gasteiger partial charge in [-0.25, -0.2) is 0 Å². The maximum atomic E-state index is 11.1. The molecule has 1 saturated carbocycles. The average Bonchev–Trinajstić information content (AvgIpc) is 2.95. The first-order chi connectivity index (χ1) is 7.58. The summed E-state index contributed by atoms with van der Waals surface area (Å²) in [5.74, 6) is -0.202. The van der Waals surface area contributed by atoms with Crippen LogP contribution < -0.4 is 5.32 Å². The molecule has 0 radical (unpaired) electrons. The van der Waals surface area contributed by atoms with Crippen molar-refractivity contribution in [2.24, 2.45) is 5.92 Å². The summed E-state index contributed by atoms with van der Waals surface area (Å²) in [5.41, 5.74) is 0. The van der Waals surface area contributed by atoms with E-state index in [0.29, 0.717) is 10.3 Å². The quantitative estimate of drug-likeness (QED) is 0.874. The van der Waals surface area contributed by atoms with Crippen LogP contribution in [0.3, 0.4) is 0 Å². The van der Waals surface area contributed by atoms with E-state index in [9.17, 15) is 4.79 Å². The number of carboxylic acid groups (broad SMARTS) is 1. The molecular weight excluding hydrogens is 314 g/mol. The Morgan fingerprint density at radius 3 is 2.88 bits per heavy atom. The molecule has 0 spiro atoms. The molecule has 0 bridgehead atoms. The number of carbonyl (C=O) groups is 1. The Kier molecular flexibility index (Phi) is 3.89. The molecule has 0 aliphatic heterocycles. The van der Waals surface area contributed by atoms with Gasteiger partial charge in [0.15, 0.2) is 0 Å². The van der Waals surface area contributed by atoms with E-state index in [1.165, 1.54) is 24.2 Å². The van der Waals surface area contributed by atoms with Gasteiger partial charge in [0.1, 0.15) is 10.4 Å². The lowest BCUT2D eigenvalue weighted by atomic mass is 10.2. The number of nitrogens with one attached hydrogen (secondary N) is 1. The summed E-state index contributed by atoms with van der Waals surface area (Å²) < 4.78 is 1.35. The summed E-state index contributed by atoms with van der Waals surface area (Å²) in [5, 5.41) is 12.2. The zero-order chi connectivity index (χ0) is 11.7. The molecule has 1 unspecified atom stereocenters. The van der Waals surface area contributed by atoms with Gasteiger partial charge in [-0.1, -0.05) is 11.6 Å². The Morgan fingerprint density at radius 1 is 1.75 bits per heavy atom. The van der Waals surface area contributed by atoms with E-state index in [0.717, 1.165) is 15.9 Å². The van der Waals surface area contributed by atoms with Crippen molar-refractivity contribution in [1.29, 1.82) is 0 Å². The summed E-state index contributed by atoms with van der Waals surface area (Å²) >= 11 is 10.5. The second-order valence-corrected chi connectivity index (χ2v) is 6.43. The minimum Gasteiger partial charge on any atom is -0.480 e. The number of thiophene rings is 1. The molecule has 1 aliphatic rings. The molecule has 2 N–H and O–H groups in total. The number of hydrogen-bond donors (Lipinski definition) is 2. The van der Waals surface area contributed by atoms with Gasteiger partial charge in [-0.2, -0.15) is 0 Å². The second kappa shape index (κ2) is 5.04. The summed E-state index contributed by atoms with van der Waals surface area (Å²) in [6.45, 7) is 0.768. The van der Waals surface area contributed by atoms with Crippen molar-refractivity contribution in [3.05, 3.63) is 19.8 Å². The molecule has 1 heterocycles. The molecule has 1 aromatic heterocycles. The molecule has 0 aromatic carbocycles. The Morgan fingerprint density at radius 2 is 2.44 bits per heavy atom. The van der Waals surface area contributed by atoms with Crippen molar-refractivity contribution in [3.8, 4) is 0 Å². The zero-order valence-corrected chi connectivity index (χ0v) is 11.5. The Bertz CT molecular complexity index is 386. The van der Waals surface area contributed by atoms with E-state index in [4.69, 9.17) is 16.7 Å². The third kappa shape index (κ3) is 2.97. The Hall–Kier alpha value is -0.100. The first-order valence-electron chi connectivity index (χ1n) is 4.99. The third-order valence-corrected chi connectivity index (χ3v) is 5.04. The van der Waals surface area contributed by atoms with Crippen LogP contribution in [0.15, 0.2) is 10.5 Å². The monoisotopic (exact) mass is 323 g/mol. The summed E-state index contributed by atoms with van der Waals surface area (Å²) in [4.78, 5) is 11.9. The second-order valence-electron chi connectivity index (χ2n) is 3.89. The van der Waals surface area contributed by atoms with Gasteiger partial charge < -0.3 is 5.11 Å². The molecule has 2 rings (SSSR count). The molecule has 3 nitrogen and oxygen atoms in total. The highest BCUT2D eigenvalue weighted by Gasteiger charge is 2.27. The van der Waals surface area contributed by atoms with Gasteiger partial charge in [0.2, 0.25) is 0 Å². The molecule has 16 heavy (non-hydrogen) atoms. The molecular formula is C10H11BrClNO2S. The van der Waals surface area contributed by atoms with Crippen molar-refractivity contribution < 1.29 is 9.90 Å². The SMILES string of the molecule is O=C(O)C(NCC1CC1)c1cc(Br)c(Cl)s1. The highest BCUT2D eigenvalue weighted by Crippen LogP contribution is 2.36. The maximum Gasteiger partial charge on any atom is 0.326 e. The molecule has 1 aliphatic carbocycles. The normalized spacial score (nSPS) is 17.4. The number of carboxylic acids is 1. The maximum absolute atomic E-state index is 11.1. The number of hydrogen-bond acceptors (Lipinski definition) is 3. The highest BCUT2D eigenvalue weighted by atomic mass is 79.9. The van der Waals surface area contributed by atoms with Crippen LogP contribution in [0.2, 0.25) is 4.34 Å². The molecule has 6 heteroatoms. The Balaban J connectivity index is 2.07. The zero-order valence-electron chi connectivity index (χ0n) is 8.37. The minimum absolute atomic E-state index is 0.592. The van der Waals surface area contributed by atoms with Crippen LogP contribution in [-0.2, 0) is 4.79 Å². The number of aliphatic carboxylic acids is 1. The van der Waals surface area contributed by atoms with E-state index in [1.807, 2.05) is 0 Å². The van der Waals surface area contributed by atoms with Crippen LogP contribution >= 0.6 is 38.9 Å². The number of rotatable bonds is 5. The summed E-state index contributed by atoms with van der Waals surface area (Å²) in [6.07, 6.45) is 2.41. The molecule has 1 fully saturated rings. The largest absolute Gasteiger partial charge is 0.480 e. The average molecular weight is 325 g/mol. The fourth-order valence-electron chi connectivity index (χ4n) is 1.42. The molecule has 88 valence electrons. The van der Waals surface area contributed by atoms with Gasteiger partial charge in [-0.05, 0) is 47.3 Å². The highest BCUT2D eigenvalue weighted by molar-refractivity contribution is 9.10. The van der Waals surface area contributed by atoms with Crippen molar-refractivity contribution in [2.75, 3.05) is 6.54 Å². The van der Waals surface area contributed by atoms with E-state index < -0.39 is 12.0 Å². The lowest BCUT2D eigenvalue weighted by molar-refractivity contribution is -0.139. The predicted molar refractivity (Wildman–Crippen MR) is 68.1 cm³/mol. The van der Waals surface area contributed by atoms with Crippen LogP contribution in [0.25, 0.3) is 0 Å².